The average Bonchev–Trinajstić information content (AvgIpc) is 2.38. The lowest BCUT2D eigenvalue weighted by atomic mass is 10.1. The van der Waals surface area contributed by atoms with Crippen LogP contribution in [0.3, 0.4) is 0 Å². The summed E-state index contributed by atoms with van der Waals surface area (Å²) in [6.07, 6.45) is 0. The van der Waals surface area contributed by atoms with E-state index in [0.717, 1.165) is 5.56 Å². The Hall–Kier alpha value is -1.57. The number of nitrogens with zero attached hydrogens (tertiary/aromatic N) is 2. The van der Waals surface area contributed by atoms with Crippen molar-refractivity contribution >= 4 is 17.5 Å². The highest BCUT2D eigenvalue weighted by Crippen LogP contribution is 2.20. The number of benzene rings is 1. The Morgan fingerprint density at radius 1 is 1.61 bits per heavy atom. The van der Waals surface area contributed by atoms with Crippen LogP contribution in [0.5, 0.6) is 0 Å². The SMILES string of the molecule is Cc1ccc(C(=O)N2CCNCC2C#N)c(Cl)c1. The minimum absolute atomic E-state index is 0.173. The maximum absolute atomic E-state index is 12.4. The van der Waals surface area contributed by atoms with E-state index in [0.29, 0.717) is 30.2 Å². The number of aryl methyl sites for hydroxylation is 1. The van der Waals surface area contributed by atoms with Gasteiger partial charge in [-0.2, -0.15) is 5.26 Å². The summed E-state index contributed by atoms with van der Waals surface area (Å²) in [6, 6.07) is 7.04. The molecule has 1 atom stereocenters. The summed E-state index contributed by atoms with van der Waals surface area (Å²) in [5, 5.41) is 12.6. The molecular weight excluding hydrogens is 250 g/mol. The topological polar surface area (TPSA) is 56.1 Å². The van der Waals surface area contributed by atoms with E-state index in [9.17, 15) is 4.79 Å². The molecule has 1 saturated heterocycles. The molecule has 1 aliphatic heterocycles. The largest absolute Gasteiger partial charge is 0.320 e. The number of piperazine rings is 1. The highest BCUT2D eigenvalue weighted by molar-refractivity contribution is 6.33. The second-order valence-corrected chi connectivity index (χ2v) is 4.74. The van der Waals surface area contributed by atoms with Gasteiger partial charge >= 0.3 is 0 Å². The van der Waals surface area contributed by atoms with E-state index in [2.05, 4.69) is 11.4 Å². The van der Waals surface area contributed by atoms with Gasteiger partial charge in [0.05, 0.1) is 16.7 Å². The van der Waals surface area contributed by atoms with Gasteiger partial charge in [-0.1, -0.05) is 17.7 Å². The van der Waals surface area contributed by atoms with Crippen LogP contribution in [-0.4, -0.2) is 36.5 Å². The van der Waals surface area contributed by atoms with E-state index >= 15 is 0 Å². The third-order valence-corrected chi connectivity index (χ3v) is 3.32. The van der Waals surface area contributed by atoms with E-state index in [-0.39, 0.29) is 5.91 Å². The molecule has 1 unspecified atom stereocenters. The first-order valence-electron chi connectivity index (χ1n) is 5.81. The Labute approximate surface area is 111 Å². The summed E-state index contributed by atoms with van der Waals surface area (Å²) in [5.41, 5.74) is 1.47. The number of nitrogens with one attached hydrogen (secondary N) is 1. The minimum Gasteiger partial charge on any atom is -0.320 e. The monoisotopic (exact) mass is 263 g/mol. The van der Waals surface area contributed by atoms with Crippen LogP contribution in [0.2, 0.25) is 5.02 Å². The number of nitriles is 1. The Kier molecular flexibility index (Phi) is 3.85. The molecule has 1 amide bonds. The third-order valence-electron chi connectivity index (χ3n) is 3.01. The minimum atomic E-state index is -0.427. The molecule has 4 nitrogen and oxygen atoms in total. The van der Waals surface area contributed by atoms with Gasteiger partial charge in [-0.25, -0.2) is 0 Å². The molecule has 1 aliphatic rings. The van der Waals surface area contributed by atoms with Crippen molar-refractivity contribution in [3.8, 4) is 6.07 Å². The second kappa shape index (κ2) is 5.38. The molecule has 18 heavy (non-hydrogen) atoms. The predicted molar refractivity (Wildman–Crippen MR) is 69.5 cm³/mol. The number of amides is 1. The molecule has 0 radical (unpaired) electrons. The quantitative estimate of drug-likeness (QED) is 0.837. The molecule has 1 N–H and O–H groups in total. The summed E-state index contributed by atoms with van der Waals surface area (Å²) in [4.78, 5) is 13.9. The van der Waals surface area contributed by atoms with Crippen molar-refractivity contribution in [2.24, 2.45) is 0 Å². The third kappa shape index (κ3) is 2.47. The maximum Gasteiger partial charge on any atom is 0.256 e. The molecule has 1 aromatic rings. The second-order valence-electron chi connectivity index (χ2n) is 4.33. The predicted octanol–water partition coefficient (Wildman–Crippen LogP) is 1.59. The van der Waals surface area contributed by atoms with Crippen LogP contribution >= 0.6 is 11.6 Å². The van der Waals surface area contributed by atoms with E-state index in [1.165, 1.54) is 0 Å². The van der Waals surface area contributed by atoms with Gasteiger partial charge in [-0.3, -0.25) is 4.79 Å². The van der Waals surface area contributed by atoms with Crippen LogP contribution in [0, 0.1) is 18.3 Å². The summed E-state index contributed by atoms with van der Waals surface area (Å²) < 4.78 is 0. The van der Waals surface area contributed by atoms with Crippen molar-refractivity contribution in [2.45, 2.75) is 13.0 Å². The number of rotatable bonds is 1. The average molecular weight is 264 g/mol. The zero-order valence-electron chi connectivity index (χ0n) is 10.1. The Morgan fingerprint density at radius 3 is 3.06 bits per heavy atom. The highest BCUT2D eigenvalue weighted by atomic mass is 35.5. The van der Waals surface area contributed by atoms with Crippen LogP contribution in [0.4, 0.5) is 0 Å². The van der Waals surface area contributed by atoms with Crippen LogP contribution in [-0.2, 0) is 0 Å². The molecule has 94 valence electrons. The van der Waals surface area contributed by atoms with E-state index in [1.54, 1.807) is 17.0 Å². The van der Waals surface area contributed by atoms with E-state index in [4.69, 9.17) is 16.9 Å². The first-order chi connectivity index (χ1) is 8.63. The van der Waals surface area contributed by atoms with Crippen molar-refractivity contribution in [1.29, 1.82) is 5.26 Å². The van der Waals surface area contributed by atoms with Crippen molar-refractivity contribution in [3.05, 3.63) is 34.3 Å². The van der Waals surface area contributed by atoms with Gasteiger partial charge in [0.15, 0.2) is 0 Å². The summed E-state index contributed by atoms with van der Waals surface area (Å²) in [7, 11) is 0. The van der Waals surface area contributed by atoms with Gasteiger partial charge in [0, 0.05) is 19.6 Å². The molecule has 0 aromatic heterocycles. The number of carbonyl (C=O) groups excluding carboxylic acids is 1. The number of halogens is 1. The molecular formula is C13H14ClN3O. The standard InChI is InChI=1S/C13H14ClN3O/c1-9-2-3-11(12(14)6-9)13(18)17-5-4-16-8-10(17)7-15/h2-3,6,10,16H,4-5,8H2,1H3. The first-order valence-corrected chi connectivity index (χ1v) is 6.18. The molecule has 0 spiro atoms. The molecule has 1 fully saturated rings. The fourth-order valence-corrected chi connectivity index (χ4v) is 2.33. The van der Waals surface area contributed by atoms with Crippen LogP contribution < -0.4 is 5.32 Å². The zero-order valence-corrected chi connectivity index (χ0v) is 10.9. The van der Waals surface area contributed by atoms with Gasteiger partial charge in [0.2, 0.25) is 0 Å². The van der Waals surface area contributed by atoms with E-state index in [1.807, 2.05) is 13.0 Å². The van der Waals surface area contributed by atoms with Gasteiger partial charge < -0.3 is 10.2 Å². The lowest BCUT2D eigenvalue weighted by molar-refractivity contribution is 0.0687. The highest BCUT2D eigenvalue weighted by Gasteiger charge is 2.28. The molecule has 2 rings (SSSR count). The fraction of sp³-hybridized carbons (Fsp3) is 0.385. The number of hydrogen-bond donors (Lipinski definition) is 1. The summed E-state index contributed by atoms with van der Waals surface area (Å²) in [6.45, 7) is 3.66. The van der Waals surface area contributed by atoms with Crippen molar-refractivity contribution < 1.29 is 4.79 Å². The van der Waals surface area contributed by atoms with Gasteiger partial charge in [-0.15, -0.1) is 0 Å². The lowest BCUT2D eigenvalue weighted by Crippen LogP contribution is -2.53. The summed E-state index contributed by atoms with van der Waals surface area (Å²) >= 11 is 6.09. The van der Waals surface area contributed by atoms with Gasteiger partial charge in [0.25, 0.3) is 5.91 Å². The van der Waals surface area contributed by atoms with Crippen molar-refractivity contribution in [3.63, 3.8) is 0 Å². The Bertz CT molecular complexity index is 509. The maximum atomic E-state index is 12.4. The van der Waals surface area contributed by atoms with Crippen molar-refractivity contribution in [1.82, 2.24) is 10.2 Å². The fourth-order valence-electron chi connectivity index (χ4n) is 2.01. The molecule has 0 bridgehead atoms. The van der Waals surface area contributed by atoms with E-state index < -0.39 is 6.04 Å². The normalized spacial score (nSPS) is 19.4. The molecule has 0 saturated carbocycles. The Balaban J connectivity index is 2.27. The lowest BCUT2D eigenvalue weighted by Gasteiger charge is -2.32. The van der Waals surface area contributed by atoms with Crippen LogP contribution in [0.1, 0.15) is 15.9 Å². The molecule has 0 aliphatic carbocycles. The number of hydrogen-bond acceptors (Lipinski definition) is 3. The van der Waals surface area contributed by atoms with Crippen LogP contribution in [0.25, 0.3) is 0 Å². The molecule has 5 heteroatoms. The first kappa shape index (κ1) is 12.9. The molecule has 1 aromatic carbocycles. The zero-order chi connectivity index (χ0) is 13.1. The van der Waals surface area contributed by atoms with Gasteiger partial charge in [-0.05, 0) is 24.6 Å². The summed E-state index contributed by atoms with van der Waals surface area (Å²) in [5.74, 6) is -0.173. The molecule has 1 heterocycles. The smallest absolute Gasteiger partial charge is 0.256 e. The van der Waals surface area contributed by atoms with Gasteiger partial charge in [0.1, 0.15) is 6.04 Å². The number of carbonyl (C=O) groups is 1. The van der Waals surface area contributed by atoms with Crippen LogP contribution in [0.15, 0.2) is 18.2 Å². The van der Waals surface area contributed by atoms with Crippen molar-refractivity contribution in [2.75, 3.05) is 19.6 Å². The Morgan fingerprint density at radius 2 is 2.39 bits per heavy atom.